The summed E-state index contributed by atoms with van der Waals surface area (Å²) in [5.74, 6) is 1.01. The van der Waals surface area contributed by atoms with Crippen LogP contribution in [-0.2, 0) is 4.74 Å². The van der Waals surface area contributed by atoms with E-state index in [-0.39, 0.29) is 23.4 Å². The molecule has 3 heterocycles. The standard InChI is InChI=1S/C18H20N2O4/c21-17(16-10-19-13-22-16)20-8-4-7-18(12-20)9-15(11-23-18)24-14-5-2-1-3-6-14/h1-3,5-6,10,13,15H,4,7-9,11-12H2/t15-,18-/m1/s1. The zero-order valence-corrected chi connectivity index (χ0v) is 13.4. The van der Waals surface area contributed by atoms with E-state index < -0.39 is 0 Å². The van der Waals surface area contributed by atoms with Crippen molar-refractivity contribution in [3.63, 3.8) is 0 Å². The summed E-state index contributed by atoms with van der Waals surface area (Å²) < 4.78 is 17.2. The zero-order chi connectivity index (χ0) is 16.4. The van der Waals surface area contributed by atoms with E-state index in [0.717, 1.165) is 31.6 Å². The van der Waals surface area contributed by atoms with Crippen LogP contribution in [0, 0.1) is 0 Å². The molecule has 0 bridgehead atoms. The van der Waals surface area contributed by atoms with Crippen molar-refractivity contribution < 1.29 is 18.7 Å². The fraction of sp³-hybridized carbons (Fsp3) is 0.444. The highest BCUT2D eigenvalue weighted by molar-refractivity contribution is 5.91. The predicted molar refractivity (Wildman–Crippen MR) is 85.8 cm³/mol. The summed E-state index contributed by atoms with van der Waals surface area (Å²) in [6.45, 7) is 1.84. The lowest BCUT2D eigenvalue weighted by atomic mass is 9.89. The van der Waals surface area contributed by atoms with Crippen molar-refractivity contribution in [3.8, 4) is 5.75 Å². The Morgan fingerprint density at radius 3 is 3.00 bits per heavy atom. The molecule has 1 aromatic carbocycles. The average molecular weight is 328 g/mol. The molecule has 1 amide bonds. The molecule has 2 atom stereocenters. The number of ether oxygens (including phenoxy) is 2. The molecule has 24 heavy (non-hydrogen) atoms. The van der Waals surface area contributed by atoms with Gasteiger partial charge in [-0.2, -0.15) is 0 Å². The van der Waals surface area contributed by atoms with Gasteiger partial charge in [-0.1, -0.05) is 18.2 Å². The van der Waals surface area contributed by atoms with Crippen molar-refractivity contribution in [3.05, 3.63) is 48.7 Å². The van der Waals surface area contributed by atoms with Gasteiger partial charge in [-0.25, -0.2) is 4.98 Å². The van der Waals surface area contributed by atoms with Crippen molar-refractivity contribution in [2.24, 2.45) is 0 Å². The largest absolute Gasteiger partial charge is 0.488 e. The van der Waals surface area contributed by atoms with Gasteiger partial charge in [-0.05, 0) is 25.0 Å². The van der Waals surface area contributed by atoms with Gasteiger partial charge in [0.1, 0.15) is 11.9 Å². The molecule has 0 N–H and O–H groups in total. The quantitative estimate of drug-likeness (QED) is 0.866. The number of piperidine rings is 1. The second-order valence-corrected chi connectivity index (χ2v) is 6.45. The Kier molecular flexibility index (Phi) is 3.98. The predicted octanol–water partition coefficient (Wildman–Crippen LogP) is 2.52. The summed E-state index contributed by atoms with van der Waals surface area (Å²) in [5, 5.41) is 0. The van der Waals surface area contributed by atoms with Crippen LogP contribution in [0.4, 0.5) is 0 Å². The molecule has 1 aromatic heterocycles. The number of benzene rings is 1. The first kappa shape index (κ1) is 15.2. The molecule has 1 spiro atoms. The first-order valence-electron chi connectivity index (χ1n) is 8.28. The van der Waals surface area contributed by atoms with E-state index in [1.165, 1.54) is 12.6 Å². The fourth-order valence-corrected chi connectivity index (χ4v) is 3.60. The first-order chi connectivity index (χ1) is 11.7. The molecule has 2 aliphatic heterocycles. The number of oxazole rings is 1. The number of likely N-dealkylation sites (tertiary alicyclic amines) is 1. The molecular formula is C18H20N2O4. The molecule has 0 radical (unpaired) electrons. The lowest BCUT2D eigenvalue weighted by molar-refractivity contribution is -0.0458. The van der Waals surface area contributed by atoms with Gasteiger partial charge in [0.15, 0.2) is 6.39 Å². The van der Waals surface area contributed by atoms with Crippen LogP contribution in [0.3, 0.4) is 0 Å². The third-order valence-electron chi connectivity index (χ3n) is 4.69. The first-order valence-corrected chi connectivity index (χ1v) is 8.28. The van der Waals surface area contributed by atoms with Crippen molar-refractivity contribution >= 4 is 5.91 Å². The fourth-order valence-electron chi connectivity index (χ4n) is 3.60. The highest BCUT2D eigenvalue weighted by Gasteiger charge is 2.45. The number of nitrogens with zero attached hydrogens (tertiary/aromatic N) is 2. The molecule has 0 saturated carbocycles. The minimum Gasteiger partial charge on any atom is -0.488 e. The number of hydrogen-bond donors (Lipinski definition) is 0. The zero-order valence-electron chi connectivity index (χ0n) is 13.4. The Morgan fingerprint density at radius 1 is 1.33 bits per heavy atom. The lowest BCUT2D eigenvalue weighted by Crippen LogP contribution is -2.50. The SMILES string of the molecule is O=C(c1cnco1)N1CCC[C@@]2(C[C@@H](Oc3ccccc3)CO2)C1. The smallest absolute Gasteiger partial charge is 0.291 e. The van der Waals surface area contributed by atoms with Crippen LogP contribution < -0.4 is 4.74 Å². The Bertz CT molecular complexity index is 688. The normalized spacial score (nSPS) is 26.7. The van der Waals surface area contributed by atoms with E-state index in [1.54, 1.807) is 4.90 Å². The van der Waals surface area contributed by atoms with Gasteiger partial charge in [0.2, 0.25) is 5.76 Å². The number of rotatable bonds is 3. The maximum atomic E-state index is 12.5. The monoisotopic (exact) mass is 328 g/mol. The highest BCUT2D eigenvalue weighted by atomic mass is 16.6. The molecule has 2 aromatic rings. The van der Waals surface area contributed by atoms with E-state index in [4.69, 9.17) is 13.9 Å². The van der Waals surface area contributed by atoms with E-state index in [2.05, 4.69) is 4.98 Å². The number of carbonyl (C=O) groups is 1. The van der Waals surface area contributed by atoms with Crippen LogP contribution in [0.25, 0.3) is 0 Å². The summed E-state index contributed by atoms with van der Waals surface area (Å²) in [5.41, 5.74) is -0.312. The molecule has 6 heteroatoms. The summed E-state index contributed by atoms with van der Waals surface area (Å²) in [4.78, 5) is 18.1. The van der Waals surface area contributed by atoms with Crippen molar-refractivity contribution in [1.29, 1.82) is 0 Å². The Morgan fingerprint density at radius 2 is 2.21 bits per heavy atom. The maximum absolute atomic E-state index is 12.5. The van der Waals surface area contributed by atoms with E-state index in [9.17, 15) is 4.79 Å². The van der Waals surface area contributed by atoms with Gasteiger partial charge in [0.25, 0.3) is 5.91 Å². The number of aromatic nitrogens is 1. The van der Waals surface area contributed by atoms with Crippen LogP contribution in [-0.4, -0.2) is 47.2 Å². The summed E-state index contributed by atoms with van der Waals surface area (Å²) >= 11 is 0. The number of amides is 1. The molecule has 2 aliphatic rings. The van der Waals surface area contributed by atoms with Gasteiger partial charge < -0.3 is 18.8 Å². The number of hydrogen-bond acceptors (Lipinski definition) is 5. The summed E-state index contributed by atoms with van der Waals surface area (Å²) in [6.07, 6.45) is 5.41. The van der Waals surface area contributed by atoms with E-state index >= 15 is 0 Å². The molecule has 6 nitrogen and oxygen atoms in total. The minimum atomic E-state index is -0.312. The third kappa shape index (κ3) is 3.01. The molecule has 2 fully saturated rings. The molecule has 126 valence electrons. The Labute approximate surface area is 140 Å². The van der Waals surface area contributed by atoms with Crippen molar-refractivity contribution in [2.45, 2.75) is 31.0 Å². The maximum Gasteiger partial charge on any atom is 0.291 e. The van der Waals surface area contributed by atoms with E-state index in [0.29, 0.717) is 13.2 Å². The molecule has 4 rings (SSSR count). The van der Waals surface area contributed by atoms with Gasteiger partial charge in [-0.3, -0.25) is 4.79 Å². The number of para-hydroxylation sites is 1. The van der Waals surface area contributed by atoms with Gasteiger partial charge in [0, 0.05) is 13.0 Å². The molecular weight excluding hydrogens is 308 g/mol. The van der Waals surface area contributed by atoms with Crippen LogP contribution in [0.5, 0.6) is 5.75 Å². The topological polar surface area (TPSA) is 64.8 Å². The van der Waals surface area contributed by atoms with Crippen molar-refractivity contribution in [2.75, 3.05) is 19.7 Å². The van der Waals surface area contributed by atoms with Gasteiger partial charge >= 0.3 is 0 Å². The second-order valence-electron chi connectivity index (χ2n) is 6.45. The van der Waals surface area contributed by atoms with Crippen LogP contribution in [0.15, 0.2) is 47.3 Å². The highest BCUT2D eigenvalue weighted by Crippen LogP contribution is 2.36. The van der Waals surface area contributed by atoms with E-state index in [1.807, 2.05) is 30.3 Å². The molecule has 0 unspecified atom stereocenters. The average Bonchev–Trinajstić information content (AvgIpc) is 3.26. The minimum absolute atomic E-state index is 0.0210. The third-order valence-corrected chi connectivity index (χ3v) is 4.69. The molecule has 2 saturated heterocycles. The molecule has 0 aliphatic carbocycles. The second kappa shape index (κ2) is 6.28. The van der Waals surface area contributed by atoms with Crippen LogP contribution in [0.2, 0.25) is 0 Å². The van der Waals surface area contributed by atoms with Crippen LogP contribution in [0.1, 0.15) is 29.8 Å². The van der Waals surface area contributed by atoms with Gasteiger partial charge in [-0.15, -0.1) is 0 Å². The summed E-state index contributed by atoms with van der Waals surface area (Å²) in [6, 6.07) is 9.78. The Balaban J connectivity index is 1.41. The van der Waals surface area contributed by atoms with Crippen molar-refractivity contribution in [1.82, 2.24) is 9.88 Å². The van der Waals surface area contributed by atoms with Crippen LogP contribution >= 0.6 is 0 Å². The Hall–Kier alpha value is -2.34. The summed E-state index contributed by atoms with van der Waals surface area (Å²) in [7, 11) is 0. The lowest BCUT2D eigenvalue weighted by Gasteiger charge is -2.39. The number of carbonyl (C=O) groups excluding carboxylic acids is 1. The van der Waals surface area contributed by atoms with Gasteiger partial charge in [0.05, 0.1) is 24.9 Å².